The van der Waals surface area contributed by atoms with Gasteiger partial charge in [0, 0.05) is 35.2 Å². The Kier molecular flexibility index (Phi) is 7.23. The highest BCUT2D eigenvalue weighted by Gasteiger charge is 2.28. The molecule has 168 valence electrons. The van der Waals surface area contributed by atoms with Crippen molar-refractivity contribution in [3.63, 3.8) is 0 Å². The van der Waals surface area contributed by atoms with E-state index in [1.54, 1.807) is 6.20 Å². The van der Waals surface area contributed by atoms with Crippen LogP contribution in [0.2, 0.25) is 5.02 Å². The van der Waals surface area contributed by atoms with Crippen LogP contribution >= 0.6 is 11.6 Å². The van der Waals surface area contributed by atoms with Crippen molar-refractivity contribution in [3.8, 4) is 5.75 Å². The molecule has 0 spiro atoms. The maximum absolute atomic E-state index is 12.4. The maximum Gasteiger partial charge on any atom is 0.147 e. The first-order chi connectivity index (χ1) is 16.1. The number of likely N-dealkylation sites (N-methyl/N-ethyl adjacent to an activating group) is 1. The van der Waals surface area contributed by atoms with Gasteiger partial charge in [0.1, 0.15) is 24.7 Å². The van der Waals surface area contributed by atoms with Crippen molar-refractivity contribution in [2.45, 2.75) is 6.04 Å². The fourth-order valence-electron chi connectivity index (χ4n) is 3.71. The zero-order chi connectivity index (χ0) is 23.2. The van der Waals surface area contributed by atoms with Crippen molar-refractivity contribution in [2.75, 3.05) is 32.1 Å². The molecule has 1 aliphatic rings. The van der Waals surface area contributed by atoms with Crippen molar-refractivity contribution in [1.82, 2.24) is 9.88 Å². The van der Waals surface area contributed by atoms with E-state index in [1.807, 2.05) is 98.0 Å². The molecule has 1 atom stereocenters. The number of hydrogen-bond donors (Lipinski definition) is 0. The smallest absolute Gasteiger partial charge is 0.147 e. The summed E-state index contributed by atoms with van der Waals surface area (Å²) in [5, 5.41) is 0.600. The second kappa shape index (κ2) is 10.5. The van der Waals surface area contributed by atoms with Gasteiger partial charge in [-0.25, -0.2) is 0 Å². The first-order valence-electron chi connectivity index (χ1n) is 10.8. The van der Waals surface area contributed by atoms with Crippen LogP contribution in [0.25, 0.3) is 11.1 Å². The molecule has 5 nitrogen and oxygen atoms in total. The van der Waals surface area contributed by atoms with Gasteiger partial charge in [-0.1, -0.05) is 35.9 Å². The molecule has 0 radical (unpaired) electrons. The van der Waals surface area contributed by atoms with E-state index in [2.05, 4.69) is 9.88 Å². The molecule has 1 aromatic heterocycles. The molecule has 0 bridgehead atoms. The van der Waals surface area contributed by atoms with Crippen molar-refractivity contribution in [2.24, 2.45) is 0 Å². The van der Waals surface area contributed by atoms with Gasteiger partial charge in [0.15, 0.2) is 0 Å². The Balaban J connectivity index is 1.72. The number of pyridine rings is 1. The molecule has 0 N–H and O–H groups in total. The lowest BCUT2D eigenvalue weighted by molar-refractivity contribution is -0.107. The van der Waals surface area contributed by atoms with Crippen LogP contribution in [-0.2, 0) is 4.79 Å². The van der Waals surface area contributed by atoms with Crippen LogP contribution in [-0.4, -0.2) is 49.5 Å². The fraction of sp³-hybridized carbons (Fsp3) is 0.185. The summed E-state index contributed by atoms with van der Waals surface area (Å²) in [7, 11) is 4.02. The predicted octanol–water partition coefficient (Wildman–Crippen LogP) is 5.19. The van der Waals surface area contributed by atoms with Gasteiger partial charge in [0.05, 0.1) is 5.69 Å². The molecule has 3 aromatic rings. The van der Waals surface area contributed by atoms with E-state index in [1.165, 1.54) is 0 Å². The predicted molar refractivity (Wildman–Crippen MR) is 134 cm³/mol. The zero-order valence-electron chi connectivity index (χ0n) is 18.7. The third-order valence-electron chi connectivity index (χ3n) is 5.42. The van der Waals surface area contributed by atoms with Gasteiger partial charge < -0.3 is 19.3 Å². The summed E-state index contributed by atoms with van der Waals surface area (Å²) in [4.78, 5) is 20.9. The van der Waals surface area contributed by atoms with Crippen LogP contribution in [0, 0.1) is 0 Å². The second-order valence-electron chi connectivity index (χ2n) is 8.01. The summed E-state index contributed by atoms with van der Waals surface area (Å²) in [6.45, 7) is 1.44. The molecule has 0 saturated heterocycles. The lowest BCUT2D eigenvalue weighted by atomic mass is 9.91. The standard InChI is InChI=1S/C27H26ClN3O2/c1-30(2)15-16-33-22-12-10-21(11-13-22)31-18-20(26-9-5-6-14-29-26)17-24(27(31)19-32)23-7-3-4-8-25(23)28/h3-14,17-19,27H,15-16H2,1-2H3. The molecule has 0 saturated carbocycles. The number of allylic oxidation sites excluding steroid dienone is 2. The first kappa shape index (κ1) is 22.8. The fourth-order valence-corrected chi connectivity index (χ4v) is 3.96. The number of aromatic nitrogens is 1. The van der Waals surface area contributed by atoms with E-state index in [-0.39, 0.29) is 0 Å². The molecule has 2 heterocycles. The minimum atomic E-state index is -0.530. The Morgan fingerprint density at radius 1 is 1.06 bits per heavy atom. The van der Waals surface area contributed by atoms with Gasteiger partial charge in [-0.2, -0.15) is 0 Å². The number of anilines is 1. The van der Waals surface area contributed by atoms with Gasteiger partial charge in [0.2, 0.25) is 0 Å². The number of ether oxygens (including phenoxy) is 1. The largest absolute Gasteiger partial charge is 0.492 e. The molecule has 0 fully saturated rings. The van der Waals surface area contributed by atoms with E-state index in [0.29, 0.717) is 11.6 Å². The first-order valence-corrected chi connectivity index (χ1v) is 11.2. The molecule has 6 heteroatoms. The average Bonchev–Trinajstić information content (AvgIpc) is 2.84. The van der Waals surface area contributed by atoms with Crippen molar-refractivity contribution < 1.29 is 9.53 Å². The van der Waals surface area contributed by atoms with Crippen LogP contribution in [0.15, 0.2) is 85.2 Å². The number of carbonyl (C=O) groups excluding carboxylic acids is 1. The Bertz CT molecular complexity index is 1160. The molecule has 2 aromatic carbocycles. The van der Waals surface area contributed by atoms with Crippen LogP contribution in [0.4, 0.5) is 5.69 Å². The number of carbonyl (C=O) groups is 1. The van der Waals surface area contributed by atoms with E-state index in [9.17, 15) is 4.79 Å². The topological polar surface area (TPSA) is 45.7 Å². The molecule has 0 aliphatic carbocycles. The average molecular weight is 460 g/mol. The molecule has 1 unspecified atom stereocenters. The number of aldehydes is 1. The normalized spacial score (nSPS) is 15.8. The molecule has 4 rings (SSSR count). The minimum absolute atomic E-state index is 0.530. The number of halogens is 1. The summed E-state index contributed by atoms with van der Waals surface area (Å²) in [6.07, 6.45) is 6.67. The quantitative estimate of drug-likeness (QED) is 0.434. The highest BCUT2D eigenvalue weighted by atomic mass is 35.5. The van der Waals surface area contributed by atoms with E-state index in [0.717, 1.165) is 46.7 Å². The number of benzene rings is 2. The minimum Gasteiger partial charge on any atom is -0.492 e. The van der Waals surface area contributed by atoms with Crippen molar-refractivity contribution in [3.05, 3.63) is 101 Å². The van der Waals surface area contributed by atoms with E-state index < -0.39 is 6.04 Å². The van der Waals surface area contributed by atoms with Gasteiger partial charge in [0.25, 0.3) is 0 Å². The van der Waals surface area contributed by atoms with Gasteiger partial charge in [-0.3, -0.25) is 4.98 Å². The molecule has 0 amide bonds. The Hall–Kier alpha value is -3.41. The maximum atomic E-state index is 12.4. The highest BCUT2D eigenvalue weighted by molar-refractivity contribution is 6.32. The lowest BCUT2D eigenvalue weighted by Crippen LogP contribution is -2.35. The SMILES string of the molecule is CN(C)CCOc1ccc(N2C=C(c3ccccn3)C=C(c3ccccc3Cl)C2C=O)cc1. The zero-order valence-corrected chi connectivity index (χ0v) is 19.4. The molecule has 1 aliphatic heterocycles. The van der Waals surface area contributed by atoms with Crippen molar-refractivity contribution >= 4 is 34.7 Å². The van der Waals surface area contributed by atoms with E-state index in [4.69, 9.17) is 16.3 Å². The molecular formula is C27H26ClN3O2. The summed E-state index contributed by atoms with van der Waals surface area (Å²) in [5.41, 5.74) is 4.24. The van der Waals surface area contributed by atoms with Gasteiger partial charge in [-0.05, 0) is 73.8 Å². The molecular weight excluding hydrogens is 434 g/mol. The number of nitrogens with zero attached hydrogens (tertiary/aromatic N) is 3. The molecule has 33 heavy (non-hydrogen) atoms. The Labute approximate surface area is 199 Å². The Morgan fingerprint density at radius 2 is 1.82 bits per heavy atom. The van der Waals surface area contributed by atoms with Gasteiger partial charge in [-0.15, -0.1) is 0 Å². The second-order valence-corrected chi connectivity index (χ2v) is 8.42. The number of hydrogen-bond acceptors (Lipinski definition) is 5. The van der Waals surface area contributed by atoms with Gasteiger partial charge >= 0.3 is 0 Å². The lowest BCUT2D eigenvalue weighted by Gasteiger charge is -2.33. The third kappa shape index (κ3) is 5.33. The summed E-state index contributed by atoms with van der Waals surface area (Å²) in [5.74, 6) is 0.788. The number of rotatable bonds is 8. The van der Waals surface area contributed by atoms with Crippen LogP contribution in [0.5, 0.6) is 5.75 Å². The summed E-state index contributed by atoms with van der Waals surface area (Å²) >= 11 is 6.53. The third-order valence-corrected chi connectivity index (χ3v) is 5.75. The van der Waals surface area contributed by atoms with Crippen LogP contribution in [0.1, 0.15) is 11.3 Å². The summed E-state index contributed by atoms with van der Waals surface area (Å²) in [6, 6.07) is 20.6. The Morgan fingerprint density at radius 3 is 2.48 bits per heavy atom. The highest BCUT2D eigenvalue weighted by Crippen LogP contribution is 2.37. The summed E-state index contributed by atoms with van der Waals surface area (Å²) < 4.78 is 5.82. The van der Waals surface area contributed by atoms with Crippen LogP contribution < -0.4 is 9.64 Å². The van der Waals surface area contributed by atoms with Crippen LogP contribution in [0.3, 0.4) is 0 Å². The van der Waals surface area contributed by atoms with Crippen molar-refractivity contribution in [1.29, 1.82) is 0 Å². The monoisotopic (exact) mass is 459 g/mol. The van der Waals surface area contributed by atoms with E-state index >= 15 is 0 Å².